The van der Waals surface area contributed by atoms with Crippen LogP contribution in [-0.4, -0.2) is 46.9 Å². The lowest BCUT2D eigenvalue weighted by Gasteiger charge is -2.19. The maximum atomic E-state index is 12.3. The van der Waals surface area contributed by atoms with Crippen molar-refractivity contribution in [3.63, 3.8) is 0 Å². The Morgan fingerprint density at radius 3 is 2.47 bits per heavy atom. The van der Waals surface area contributed by atoms with Gasteiger partial charge in [-0.2, -0.15) is 5.10 Å². The summed E-state index contributed by atoms with van der Waals surface area (Å²) in [7, 11) is 3.16. The van der Waals surface area contributed by atoms with E-state index in [4.69, 9.17) is 9.47 Å². The Morgan fingerprint density at radius 1 is 1.12 bits per heavy atom. The molecule has 0 spiro atoms. The van der Waals surface area contributed by atoms with Crippen molar-refractivity contribution >= 4 is 23.9 Å². The van der Waals surface area contributed by atoms with Gasteiger partial charge < -0.3 is 14.0 Å². The minimum atomic E-state index is -0.246. The third-order valence-corrected chi connectivity index (χ3v) is 6.17. The first-order valence-electron chi connectivity index (χ1n) is 11.0. The van der Waals surface area contributed by atoms with E-state index in [0.29, 0.717) is 28.8 Å². The maximum Gasteiger partial charge on any atom is 0.250 e. The molecule has 0 aliphatic carbocycles. The molecule has 0 atom stereocenters. The van der Waals surface area contributed by atoms with Gasteiger partial charge in [0.1, 0.15) is 11.5 Å². The minimum absolute atomic E-state index is 0.0888. The quantitative estimate of drug-likeness (QED) is 0.274. The molecule has 1 amide bonds. The number of rotatable bonds is 9. The van der Waals surface area contributed by atoms with Gasteiger partial charge in [-0.1, -0.05) is 56.8 Å². The largest absolute Gasteiger partial charge is 0.497 e. The minimum Gasteiger partial charge on any atom is -0.497 e. The Hall–Kier alpha value is -3.33. The number of carbonyl (C=O) groups excluding carboxylic acids is 1. The van der Waals surface area contributed by atoms with Crippen LogP contribution in [0.4, 0.5) is 0 Å². The van der Waals surface area contributed by atoms with Crippen LogP contribution in [0, 0.1) is 0 Å². The number of benzene rings is 2. The molecular formula is C25H31N5O3S. The number of thioether (sulfide) groups is 1. The first kappa shape index (κ1) is 25.3. The van der Waals surface area contributed by atoms with Crippen LogP contribution in [0.1, 0.15) is 38.8 Å². The van der Waals surface area contributed by atoms with E-state index in [-0.39, 0.29) is 17.1 Å². The fourth-order valence-electron chi connectivity index (χ4n) is 3.29. The molecule has 3 rings (SSSR count). The molecule has 9 heteroatoms. The van der Waals surface area contributed by atoms with E-state index in [2.05, 4.69) is 65.8 Å². The molecule has 0 fully saturated rings. The van der Waals surface area contributed by atoms with Crippen molar-refractivity contribution in [3.8, 4) is 22.9 Å². The standard InChI is InChI=1S/C25H31N5O3S/c1-7-30-23(17-8-10-19(11-9-17)25(2,3)4)28-29-24(30)34-16-22(31)27-26-15-18-14-20(32-5)12-13-21(18)33-6/h8-15H,7,16H2,1-6H3,(H,27,31)/b26-15+. The number of hydrazone groups is 1. The number of methoxy groups -OCH3 is 2. The summed E-state index contributed by atoms with van der Waals surface area (Å²) in [6, 6.07) is 13.7. The van der Waals surface area contributed by atoms with Gasteiger partial charge in [0.2, 0.25) is 0 Å². The van der Waals surface area contributed by atoms with E-state index < -0.39 is 0 Å². The second-order valence-electron chi connectivity index (χ2n) is 8.57. The molecule has 0 saturated carbocycles. The summed E-state index contributed by atoms with van der Waals surface area (Å²) in [4.78, 5) is 12.3. The Kier molecular flexibility index (Phi) is 8.33. The zero-order valence-electron chi connectivity index (χ0n) is 20.5. The molecule has 0 aliphatic heterocycles. The van der Waals surface area contributed by atoms with Crippen molar-refractivity contribution in [1.29, 1.82) is 0 Å². The molecule has 1 N–H and O–H groups in total. The van der Waals surface area contributed by atoms with Crippen molar-refractivity contribution in [2.75, 3.05) is 20.0 Å². The number of amides is 1. The van der Waals surface area contributed by atoms with Crippen molar-refractivity contribution in [3.05, 3.63) is 53.6 Å². The average molecular weight is 482 g/mol. The van der Waals surface area contributed by atoms with Gasteiger partial charge in [-0.3, -0.25) is 4.79 Å². The molecule has 0 unspecified atom stereocenters. The number of nitrogens with zero attached hydrogens (tertiary/aromatic N) is 4. The number of hydrogen-bond donors (Lipinski definition) is 1. The van der Waals surface area contributed by atoms with Crippen LogP contribution in [0.25, 0.3) is 11.4 Å². The monoisotopic (exact) mass is 481 g/mol. The van der Waals surface area contributed by atoms with Crippen LogP contribution in [0.3, 0.4) is 0 Å². The van der Waals surface area contributed by atoms with Gasteiger partial charge in [0, 0.05) is 17.7 Å². The topological polar surface area (TPSA) is 90.6 Å². The summed E-state index contributed by atoms with van der Waals surface area (Å²) in [6.45, 7) is 9.29. The van der Waals surface area contributed by atoms with Crippen molar-refractivity contribution in [2.24, 2.45) is 5.10 Å². The van der Waals surface area contributed by atoms with Crippen LogP contribution < -0.4 is 14.9 Å². The highest BCUT2D eigenvalue weighted by Gasteiger charge is 2.17. The Morgan fingerprint density at radius 2 is 1.85 bits per heavy atom. The summed E-state index contributed by atoms with van der Waals surface area (Å²) < 4.78 is 12.5. The molecule has 2 aromatic carbocycles. The molecule has 180 valence electrons. The molecule has 3 aromatic rings. The van der Waals surface area contributed by atoms with Gasteiger partial charge in [-0.25, -0.2) is 5.43 Å². The highest BCUT2D eigenvalue weighted by Crippen LogP contribution is 2.27. The molecule has 0 aliphatic rings. The first-order chi connectivity index (χ1) is 16.3. The molecule has 1 heterocycles. The highest BCUT2D eigenvalue weighted by atomic mass is 32.2. The summed E-state index contributed by atoms with van der Waals surface area (Å²) in [5, 5.41) is 13.4. The van der Waals surface area contributed by atoms with Gasteiger partial charge >= 0.3 is 0 Å². The Labute approximate surface area is 204 Å². The van der Waals surface area contributed by atoms with E-state index in [1.165, 1.54) is 23.5 Å². The Balaban J connectivity index is 1.63. The summed E-state index contributed by atoms with van der Waals surface area (Å²) in [5.41, 5.74) is 5.59. The highest BCUT2D eigenvalue weighted by molar-refractivity contribution is 7.99. The number of nitrogens with one attached hydrogen (secondary N) is 1. The normalized spacial score (nSPS) is 11.6. The Bertz CT molecular complexity index is 1150. The lowest BCUT2D eigenvalue weighted by Crippen LogP contribution is -2.20. The molecular weight excluding hydrogens is 450 g/mol. The number of carbonyl (C=O) groups is 1. The number of aromatic nitrogens is 3. The maximum absolute atomic E-state index is 12.3. The third kappa shape index (κ3) is 6.17. The fourth-order valence-corrected chi connectivity index (χ4v) is 4.08. The van der Waals surface area contributed by atoms with Gasteiger partial charge in [0.25, 0.3) is 5.91 Å². The second kappa shape index (κ2) is 11.2. The van der Waals surface area contributed by atoms with E-state index in [1.807, 2.05) is 11.5 Å². The van der Waals surface area contributed by atoms with Crippen molar-refractivity contribution < 1.29 is 14.3 Å². The molecule has 8 nitrogen and oxygen atoms in total. The van der Waals surface area contributed by atoms with Gasteiger partial charge in [0.15, 0.2) is 11.0 Å². The zero-order valence-corrected chi connectivity index (χ0v) is 21.3. The zero-order chi connectivity index (χ0) is 24.7. The smallest absolute Gasteiger partial charge is 0.250 e. The van der Waals surface area contributed by atoms with E-state index in [0.717, 1.165) is 11.4 Å². The molecule has 0 radical (unpaired) electrons. The van der Waals surface area contributed by atoms with Gasteiger partial charge in [0.05, 0.1) is 26.2 Å². The summed E-state index contributed by atoms with van der Waals surface area (Å²) >= 11 is 1.32. The first-order valence-corrected chi connectivity index (χ1v) is 12.0. The number of hydrogen-bond acceptors (Lipinski definition) is 7. The summed E-state index contributed by atoms with van der Waals surface area (Å²) in [6.07, 6.45) is 1.53. The van der Waals surface area contributed by atoms with Gasteiger partial charge in [-0.05, 0) is 36.1 Å². The van der Waals surface area contributed by atoms with Crippen LogP contribution in [0.15, 0.2) is 52.7 Å². The molecule has 0 bridgehead atoms. The van der Waals surface area contributed by atoms with Crippen molar-refractivity contribution in [2.45, 2.75) is 44.8 Å². The molecule has 0 saturated heterocycles. The number of ether oxygens (including phenoxy) is 2. The predicted molar refractivity (Wildman–Crippen MR) is 136 cm³/mol. The van der Waals surface area contributed by atoms with Crippen LogP contribution >= 0.6 is 11.8 Å². The van der Waals surface area contributed by atoms with E-state index in [1.54, 1.807) is 32.4 Å². The predicted octanol–water partition coefficient (Wildman–Crippen LogP) is 4.52. The molecule has 34 heavy (non-hydrogen) atoms. The van der Waals surface area contributed by atoms with Crippen molar-refractivity contribution in [1.82, 2.24) is 20.2 Å². The van der Waals surface area contributed by atoms with Crippen LogP contribution in [-0.2, 0) is 16.8 Å². The average Bonchev–Trinajstić information content (AvgIpc) is 3.25. The van der Waals surface area contributed by atoms with Gasteiger partial charge in [-0.15, -0.1) is 10.2 Å². The second-order valence-corrected chi connectivity index (χ2v) is 9.51. The van der Waals surface area contributed by atoms with E-state index in [9.17, 15) is 4.79 Å². The van der Waals surface area contributed by atoms with Crippen LogP contribution in [0.5, 0.6) is 11.5 Å². The fraction of sp³-hybridized carbons (Fsp3) is 0.360. The molecule has 1 aromatic heterocycles. The third-order valence-electron chi connectivity index (χ3n) is 5.20. The summed E-state index contributed by atoms with van der Waals surface area (Å²) in [5.74, 6) is 2.01. The van der Waals surface area contributed by atoms with Crippen LogP contribution in [0.2, 0.25) is 0 Å². The SMILES string of the molecule is CCn1c(SCC(=O)N/N=C/c2cc(OC)ccc2OC)nnc1-c1ccc(C(C)(C)C)cc1. The van der Waals surface area contributed by atoms with E-state index >= 15 is 0 Å². The lowest BCUT2D eigenvalue weighted by atomic mass is 9.87. The lowest BCUT2D eigenvalue weighted by molar-refractivity contribution is -0.118.